The summed E-state index contributed by atoms with van der Waals surface area (Å²) in [7, 11) is 1.45. The Morgan fingerprint density at radius 2 is 1.79 bits per heavy atom. The van der Waals surface area contributed by atoms with Gasteiger partial charge in [-0.1, -0.05) is 24.3 Å². The van der Waals surface area contributed by atoms with Crippen LogP contribution in [0.15, 0.2) is 42.5 Å². The molecule has 0 aromatic heterocycles. The van der Waals surface area contributed by atoms with Gasteiger partial charge in [0.1, 0.15) is 0 Å². The molecule has 2 aliphatic heterocycles. The molecule has 0 saturated heterocycles. The van der Waals surface area contributed by atoms with Crippen LogP contribution in [-0.4, -0.2) is 54.2 Å². The zero-order chi connectivity index (χ0) is 19.7. The first-order valence-corrected chi connectivity index (χ1v) is 9.58. The fourth-order valence-corrected chi connectivity index (χ4v) is 3.85. The summed E-state index contributed by atoms with van der Waals surface area (Å²) in [5, 5.41) is 2.91. The maximum atomic E-state index is 12.4. The molecule has 2 heterocycles. The fraction of sp³-hybridized carbons (Fsp3) is 0.318. The summed E-state index contributed by atoms with van der Waals surface area (Å²) in [5.41, 5.74) is 3.88. The van der Waals surface area contributed by atoms with Gasteiger partial charge in [-0.3, -0.25) is 24.2 Å². The zero-order valence-electron chi connectivity index (χ0n) is 15.9. The lowest BCUT2D eigenvalue weighted by Gasteiger charge is -2.28. The molecule has 0 bridgehead atoms. The Labute approximate surface area is 164 Å². The van der Waals surface area contributed by atoms with Crippen LogP contribution in [0.4, 0.5) is 0 Å². The van der Waals surface area contributed by atoms with Crippen LogP contribution in [0.3, 0.4) is 0 Å². The van der Waals surface area contributed by atoms with E-state index in [0.29, 0.717) is 23.2 Å². The molecule has 0 fully saturated rings. The van der Waals surface area contributed by atoms with E-state index in [4.69, 9.17) is 0 Å². The standard InChI is InChI=1S/C22H23N3O3/c1-24-21(27)18-8-7-16(13-19(18)22(24)28)20(26)23-10-4-11-25-12-9-15-5-2-3-6-17(15)14-25/h2-3,5-8,13H,4,9-12,14H2,1H3,(H,23,26). The molecule has 6 nitrogen and oxygen atoms in total. The van der Waals surface area contributed by atoms with Crippen LogP contribution in [0.1, 0.15) is 48.6 Å². The Kier molecular flexibility index (Phi) is 4.96. The maximum Gasteiger partial charge on any atom is 0.261 e. The Bertz CT molecular complexity index is 954. The van der Waals surface area contributed by atoms with Gasteiger partial charge in [0.25, 0.3) is 17.7 Å². The molecular formula is C22H23N3O3. The number of fused-ring (bicyclic) bond motifs is 2. The largest absolute Gasteiger partial charge is 0.352 e. The van der Waals surface area contributed by atoms with Gasteiger partial charge >= 0.3 is 0 Å². The summed E-state index contributed by atoms with van der Waals surface area (Å²) < 4.78 is 0. The summed E-state index contributed by atoms with van der Waals surface area (Å²) in [6, 6.07) is 13.2. The Balaban J connectivity index is 1.28. The van der Waals surface area contributed by atoms with Crippen LogP contribution in [0.25, 0.3) is 0 Å². The summed E-state index contributed by atoms with van der Waals surface area (Å²) in [5.74, 6) is -0.906. The second-order valence-corrected chi connectivity index (χ2v) is 7.33. The molecule has 28 heavy (non-hydrogen) atoms. The number of nitrogens with one attached hydrogen (secondary N) is 1. The minimum Gasteiger partial charge on any atom is -0.352 e. The highest BCUT2D eigenvalue weighted by Gasteiger charge is 2.33. The van der Waals surface area contributed by atoms with Gasteiger partial charge in [0, 0.05) is 38.8 Å². The minimum atomic E-state index is -0.361. The van der Waals surface area contributed by atoms with E-state index in [-0.39, 0.29) is 17.7 Å². The van der Waals surface area contributed by atoms with Crippen molar-refractivity contribution in [3.63, 3.8) is 0 Å². The number of imide groups is 1. The smallest absolute Gasteiger partial charge is 0.261 e. The second kappa shape index (κ2) is 7.56. The predicted molar refractivity (Wildman–Crippen MR) is 105 cm³/mol. The SMILES string of the molecule is CN1C(=O)c2ccc(C(=O)NCCCN3CCc4ccccc4C3)cc2C1=O. The lowest BCUT2D eigenvalue weighted by atomic mass is 10.00. The zero-order valence-corrected chi connectivity index (χ0v) is 15.9. The Morgan fingerprint density at radius 3 is 2.61 bits per heavy atom. The molecule has 1 N–H and O–H groups in total. The van der Waals surface area contributed by atoms with E-state index in [1.807, 2.05) is 0 Å². The molecule has 0 atom stereocenters. The van der Waals surface area contributed by atoms with E-state index < -0.39 is 0 Å². The van der Waals surface area contributed by atoms with Gasteiger partial charge in [-0.05, 0) is 42.2 Å². The molecule has 4 rings (SSSR count). The molecule has 0 radical (unpaired) electrons. The molecule has 2 aromatic carbocycles. The number of benzene rings is 2. The topological polar surface area (TPSA) is 69.7 Å². The molecule has 6 heteroatoms. The minimum absolute atomic E-state index is 0.221. The van der Waals surface area contributed by atoms with Crippen LogP contribution < -0.4 is 5.32 Å². The van der Waals surface area contributed by atoms with E-state index in [1.165, 1.54) is 24.2 Å². The first-order valence-electron chi connectivity index (χ1n) is 9.58. The lowest BCUT2D eigenvalue weighted by molar-refractivity contribution is 0.0693. The Morgan fingerprint density at radius 1 is 1.04 bits per heavy atom. The quantitative estimate of drug-likeness (QED) is 0.640. The van der Waals surface area contributed by atoms with Crippen LogP contribution in [0.5, 0.6) is 0 Å². The highest BCUT2D eigenvalue weighted by Crippen LogP contribution is 2.22. The van der Waals surface area contributed by atoms with E-state index in [9.17, 15) is 14.4 Å². The van der Waals surface area contributed by atoms with Crippen molar-refractivity contribution in [2.75, 3.05) is 26.7 Å². The number of nitrogens with zero attached hydrogens (tertiary/aromatic N) is 2. The fourth-order valence-electron chi connectivity index (χ4n) is 3.85. The molecule has 3 amide bonds. The first-order chi connectivity index (χ1) is 13.5. The normalized spacial score (nSPS) is 16.1. The molecule has 0 spiro atoms. The third-order valence-electron chi connectivity index (χ3n) is 5.50. The third-order valence-corrected chi connectivity index (χ3v) is 5.50. The molecule has 144 valence electrons. The first kappa shape index (κ1) is 18.4. The summed E-state index contributed by atoms with van der Waals surface area (Å²) >= 11 is 0. The number of carbonyl (C=O) groups excluding carboxylic acids is 3. The molecule has 0 saturated carbocycles. The number of hydrogen-bond donors (Lipinski definition) is 1. The van der Waals surface area contributed by atoms with Gasteiger partial charge in [-0.25, -0.2) is 0 Å². The van der Waals surface area contributed by atoms with Crippen LogP contribution in [0.2, 0.25) is 0 Å². The van der Waals surface area contributed by atoms with Crippen molar-refractivity contribution in [3.05, 3.63) is 70.3 Å². The van der Waals surface area contributed by atoms with Crippen molar-refractivity contribution >= 4 is 17.7 Å². The van der Waals surface area contributed by atoms with Crippen LogP contribution in [0, 0.1) is 0 Å². The van der Waals surface area contributed by atoms with E-state index in [0.717, 1.165) is 37.4 Å². The number of amides is 3. The summed E-state index contributed by atoms with van der Waals surface area (Å²) in [4.78, 5) is 39.9. The number of hydrogen-bond acceptors (Lipinski definition) is 4. The molecule has 2 aliphatic rings. The number of carbonyl (C=O) groups is 3. The molecule has 0 aliphatic carbocycles. The monoisotopic (exact) mass is 377 g/mol. The van der Waals surface area contributed by atoms with Gasteiger partial charge in [0.05, 0.1) is 11.1 Å². The van der Waals surface area contributed by atoms with Crippen molar-refractivity contribution in [2.24, 2.45) is 0 Å². The Hall–Kier alpha value is -2.99. The molecular weight excluding hydrogens is 354 g/mol. The predicted octanol–water partition coefficient (Wildman–Crippen LogP) is 2.09. The van der Waals surface area contributed by atoms with Crippen molar-refractivity contribution in [1.82, 2.24) is 15.1 Å². The van der Waals surface area contributed by atoms with Gasteiger partial charge in [-0.2, -0.15) is 0 Å². The van der Waals surface area contributed by atoms with Crippen molar-refractivity contribution in [3.8, 4) is 0 Å². The van der Waals surface area contributed by atoms with E-state index in [2.05, 4.69) is 34.5 Å². The van der Waals surface area contributed by atoms with Gasteiger partial charge in [0.2, 0.25) is 0 Å². The lowest BCUT2D eigenvalue weighted by Crippen LogP contribution is -2.33. The average molecular weight is 377 g/mol. The van der Waals surface area contributed by atoms with Gasteiger partial charge < -0.3 is 5.32 Å². The van der Waals surface area contributed by atoms with E-state index in [1.54, 1.807) is 12.1 Å². The second-order valence-electron chi connectivity index (χ2n) is 7.33. The highest BCUT2D eigenvalue weighted by atomic mass is 16.2. The van der Waals surface area contributed by atoms with Gasteiger partial charge in [0.15, 0.2) is 0 Å². The van der Waals surface area contributed by atoms with Crippen molar-refractivity contribution in [2.45, 2.75) is 19.4 Å². The van der Waals surface area contributed by atoms with Crippen LogP contribution in [-0.2, 0) is 13.0 Å². The summed E-state index contributed by atoms with van der Waals surface area (Å²) in [6.45, 7) is 3.50. The maximum absolute atomic E-state index is 12.4. The summed E-state index contributed by atoms with van der Waals surface area (Å²) in [6.07, 6.45) is 1.93. The molecule has 0 unspecified atom stereocenters. The van der Waals surface area contributed by atoms with E-state index >= 15 is 0 Å². The van der Waals surface area contributed by atoms with Crippen molar-refractivity contribution in [1.29, 1.82) is 0 Å². The van der Waals surface area contributed by atoms with Gasteiger partial charge in [-0.15, -0.1) is 0 Å². The molecule has 2 aromatic rings. The van der Waals surface area contributed by atoms with Crippen LogP contribution >= 0.6 is 0 Å². The average Bonchev–Trinajstić information content (AvgIpc) is 2.94. The van der Waals surface area contributed by atoms with Crippen molar-refractivity contribution < 1.29 is 14.4 Å². The number of rotatable bonds is 5. The highest BCUT2D eigenvalue weighted by molar-refractivity contribution is 6.21. The third kappa shape index (κ3) is 3.43.